The van der Waals surface area contributed by atoms with Crippen molar-refractivity contribution in [2.24, 2.45) is 5.92 Å². The smallest absolute Gasteiger partial charge is 0.241 e. The number of nitrogens with one attached hydrogen (secondary N) is 2. The van der Waals surface area contributed by atoms with E-state index in [4.69, 9.17) is 15.6 Å². The Morgan fingerprint density at radius 3 is 2.65 bits per heavy atom. The molecule has 1 aromatic rings. The van der Waals surface area contributed by atoms with Gasteiger partial charge in [0.25, 0.3) is 0 Å². The molecular formula is C12H16N4O. The molecule has 0 radical (unpaired) electrons. The maximum atomic E-state index is 7.85. The van der Waals surface area contributed by atoms with E-state index in [0.717, 1.165) is 25.7 Å². The molecular weight excluding hydrogens is 216 g/mol. The summed E-state index contributed by atoms with van der Waals surface area (Å²) in [6.07, 6.45) is 7.07. The first kappa shape index (κ1) is 11.7. The maximum Gasteiger partial charge on any atom is 0.241 e. The highest BCUT2D eigenvalue weighted by molar-refractivity contribution is 5.98. The summed E-state index contributed by atoms with van der Waals surface area (Å²) in [5.41, 5.74) is 0.369. The monoisotopic (exact) mass is 232 g/mol. The van der Waals surface area contributed by atoms with Crippen molar-refractivity contribution in [3.05, 3.63) is 24.0 Å². The predicted octanol–water partition coefficient (Wildman–Crippen LogP) is 2.38. The standard InChI is InChI=1S/C12H16N4O/c13-11(9-5-2-1-3-6-9)17-12(14)10-7-4-8-15-16-10/h4,7-9,13-14H,1-3,5-6H2. The van der Waals surface area contributed by atoms with E-state index in [-0.39, 0.29) is 17.7 Å². The Balaban J connectivity index is 1.92. The molecule has 17 heavy (non-hydrogen) atoms. The third kappa shape index (κ3) is 3.09. The normalized spacial score (nSPS) is 16.5. The molecule has 1 aliphatic rings. The number of aromatic nitrogens is 2. The van der Waals surface area contributed by atoms with Gasteiger partial charge in [0.2, 0.25) is 5.90 Å². The number of hydrogen-bond acceptors (Lipinski definition) is 5. The van der Waals surface area contributed by atoms with Gasteiger partial charge in [-0.05, 0) is 25.0 Å². The third-order valence-corrected chi connectivity index (χ3v) is 2.99. The van der Waals surface area contributed by atoms with E-state index >= 15 is 0 Å². The molecule has 2 rings (SSSR count). The average Bonchev–Trinajstić information content (AvgIpc) is 2.40. The summed E-state index contributed by atoms with van der Waals surface area (Å²) in [7, 11) is 0. The zero-order valence-corrected chi connectivity index (χ0v) is 9.65. The molecule has 2 N–H and O–H groups in total. The van der Waals surface area contributed by atoms with E-state index in [2.05, 4.69) is 10.2 Å². The van der Waals surface area contributed by atoms with E-state index in [1.165, 1.54) is 6.42 Å². The van der Waals surface area contributed by atoms with E-state index in [0.29, 0.717) is 5.69 Å². The molecule has 1 heterocycles. The summed E-state index contributed by atoms with van der Waals surface area (Å²) < 4.78 is 5.24. The van der Waals surface area contributed by atoms with Crippen molar-refractivity contribution in [1.29, 1.82) is 10.8 Å². The van der Waals surface area contributed by atoms with Crippen LogP contribution >= 0.6 is 0 Å². The summed E-state index contributed by atoms with van der Waals surface area (Å²) in [5.74, 6) is 0.273. The van der Waals surface area contributed by atoms with Crippen LogP contribution in [0.5, 0.6) is 0 Å². The van der Waals surface area contributed by atoms with Gasteiger partial charge in [-0.1, -0.05) is 19.3 Å². The first-order valence-electron chi connectivity index (χ1n) is 5.90. The number of nitrogens with zero attached hydrogens (tertiary/aromatic N) is 2. The van der Waals surface area contributed by atoms with Crippen LogP contribution in [-0.2, 0) is 4.74 Å². The van der Waals surface area contributed by atoms with Crippen molar-refractivity contribution in [3.63, 3.8) is 0 Å². The molecule has 0 amide bonds. The third-order valence-electron chi connectivity index (χ3n) is 2.99. The molecule has 0 saturated heterocycles. The van der Waals surface area contributed by atoms with Crippen molar-refractivity contribution >= 4 is 11.8 Å². The molecule has 0 atom stereocenters. The van der Waals surface area contributed by atoms with Crippen LogP contribution in [0.3, 0.4) is 0 Å². The zero-order valence-electron chi connectivity index (χ0n) is 9.65. The van der Waals surface area contributed by atoms with Gasteiger partial charge in [0, 0.05) is 12.1 Å². The molecule has 0 aliphatic heterocycles. The lowest BCUT2D eigenvalue weighted by Crippen LogP contribution is -2.23. The van der Waals surface area contributed by atoms with Crippen molar-refractivity contribution < 1.29 is 4.74 Å². The topological polar surface area (TPSA) is 82.7 Å². The SMILES string of the molecule is N=C(OC(=N)C1CCCCC1)c1cccnn1. The fraction of sp³-hybridized carbons (Fsp3) is 0.500. The van der Waals surface area contributed by atoms with Gasteiger partial charge < -0.3 is 4.74 Å². The van der Waals surface area contributed by atoms with Crippen LogP contribution in [-0.4, -0.2) is 22.0 Å². The highest BCUT2D eigenvalue weighted by atomic mass is 16.5. The second-order valence-corrected chi connectivity index (χ2v) is 4.24. The van der Waals surface area contributed by atoms with E-state index in [1.807, 2.05) is 0 Å². The Bertz CT molecular complexity index is 398. The Kier molecular flexibility index (Phi) is 3.80. The predicted molar refractivity (Wildman–Crippen MR) is 64.2 cm³/mol. The lowest BCUT2D eigenvalue weighted by Gasteiger charge is -2.21. The van der Waals surface area contributed by atoms with Crippen molar-refractivity contribution in [1.82, 2.24) is 10.2 Å². The first-order valence-corrected chi connectivity index (χ1v) is 5.90. The molecule has 1 fully saturated rings. The van der Waals surface area contributed by atoms with Crippen LogP contribution < -0.4 is 0 Å². The minimum absolute atomic E-state index is 0.0892. The molecule has 1 aliphatic carbocycles. The summed E-state index contributed by atoms with van der Waals surface area (Å²) in [5, 5.41) is 23.0. The van der Waals surface area contributed by atoms with Gasteiger partial charge in [-0.3, -0.25) is 10.8 Å². The lowest BCUT2D eigenvalue weighted by atomic mass is 9.89. The van der Waals surface area contributed by atoms with Crippen LogP contribution in [0, 0.1) is 16.7 Å². The molecule has 1 saturated carbocycles. The second-order valence-electron chi connectivity index (χ2n) is 4.24. The molecule has 0 aromatic carbocycles. The fourth-order valence-corrected chi connectivity index (χ4v) is 2.03. The highest BCUT2D eigenvalue weighted by Gasteiger charge is 2.21. The fourth-order valence-electron chi connectivity index (χ4n) is 2.03. The van der Waals surface area contributed by atoms with Gasteiger partial charge >= 0.3 is 0 Å². The molecule has 0 bridgehead atoms. The summed E-state index contributed by atoms with van der Waals surface area (Å²) >= 11 is 0. The van der Waals surface area contributed by atoms with Crippen LogP contribution in [0.25, 0.3) is 0 Å². The van der Waals surface area contributed by atoms with Crippen LogP contribution in [0.15, 0.2) is 18.3 Å². The number of rotatable bonds is 2. The van der Waals surface area contributed by atoms with E-state index < -0.39 is 0 Å². The van der Waals surface area contributed by atoms with Gasteiger partial charge in [0.15, 0.2) is 5.90 Å². The van der Waals surface area contributed by atoms with Gasteiger partial charge in [-0.15, -0.1) is 5.10 Å². The summed E-state index contributed by atoms with van der Waals surface area (Å²) in [4.78, 5) is 0. The molecule has 90 valence electrons. The van der Waals surface area contributed by atoms with Gasteiger partial charge in [0.1, 0.15) is 5.69 Å². The molecule has 0 unspecified atom stereocenters. The lowest BCUT2D eigenvalue weighted by molar-refractivity contribution is 0.379. The van der Waals surface area contributed by atoms with Crippen molar-refractivity contribution in [3.8, 4) is 0 Å². The van der Waals surface area contributed by atoms with Crippen LogP contribution in [0.4, 0.5) is 0 Å². The Labute approximate surface area is 100 Å². The molecule has 5 heteroatoms. The van der Waals surface area contributed by atoms with Gasteiger partial charge in [-0.25, -0.2) is 0 Å². The number of ether oxygens (including phenoxy) is 1. The van der Waals surface area contributed by atoms with Crippen LogP contribution in [0.2, 0.25) is 0 Å². The highest BCUT2D eigenvalue weighted by Crippen LogP contribution is 2.24. The summed E-state index contributed by atoms with van der Waals surface area (Å²) in [6.45, 7) is 0. The quantitative estimate of drug-likeness (QED) is 0.606. The first-order chi connectivity index (χ1) is 8.27. The molecule has 1 aromatic heterocycles. The maximum absolute atomic E-state index is 7.85. The molecule has 5 nitrogen and oxygen atoms in total. The van der Waals surface area contributed by atoms with Crippen molar-refractivity contribution in [2.45, 2.75) is 32.1 Å². The van der Waals surface area contributed by atoms with E-state index in [9.17, 15) is 0 Å². The second kappa shape index (κ2) is 5.52. The van der Waals surface area contributed by atoms with Crippen molar-refractivity contribution in [2.75, 3.05) is 0 Å². The molecule has 0 spiro atoms. The minimum Gasteiger partial charge on any atom is -0.423 e. The number of hydrogen-bond donors (Lipinski definition) is 2. The van der Waals surface area contributed by atoms with E-state index in [1.54, 1.807) is 18.3 Å². The van der Waals surface area contributed by atoms with Gasteiger partial charge in [0.05, 0.1) is 0 Å². The zero-order chi connectivity index (χ0) is 12.1. The van der Waals surface area contributed by atoms with Gasteiger partial charge in [-0.2, -0.15) is 5.10 Å². The Morgan fingerprint density at radius 1 is 1.24 bits per heavy atom. The average molecular weight is 232 g/mol. The largest absolute Gasteiger partial charge is 0.423 e. The Hall–Kier alpha value is -1.78. The Morgan fingerprint density at radius 2 is 2.00 bits per heavy atom. The van der Waals surface area contributed by atoms with Crippen LogP contribution in [0.1, 0.15) is 37.8 Å². The minimum atomic E-state index is -0.0892. The summed E-state index contributed by atoms with van der Waals surface area (Å²) in [6, 6.07) is 3.36.